The number of hydrogen-bond donors (Lipinski definition) is 0. The second-order valence-corrected chi connectivity index (χ2v) is 11.6. The van der Waals surface area contributed by atoms with Crippen LogP contribution in [0.1, 0.15) is 57.2 Å². The van der Waals surface area contributed by atoms with Crippen molar-refractivity contribution in [3.05, 3.63) is 95.6 Å². The zero-order valence-corrected chi connectivity index (χ0v) is 24.2. The van der Waals surface area contributed by atoms with Crippen molar-refractivity contribution >= 4 is 30.1 Å². The molecule has 1 unspecified atom stereocenters. The first kappa shape index (κ1) is 28.8. The van der Waals surface area contributed by atoms with Gasteiger partial charge in [0.25, 0.3) is 8.53 Å². The molecule has 0 aromatic heterocycles. The number of nitrogens with zero attached hydrogens (tertiary/aromatic N) is 2. The fourth-order valence-electron chi connectivity index (χ4n) is 4.77. The Kier molecular flexibility index (Phi) is 10.5. The first-order valence-electron chi connectivity index (χ1n) is 13.7. The van der Waals surface area contributed by atoms with Gasteiger partial charge in [0.1, 0.15) is 0 Å². The standard InChI is InChI=1S/C34H37N2O2P/c1-26(2)36(27(3)4)39(38-24-10-22-35)37-23-9-11-28-16-18-29(19-17-28)20-21-34-32-14-7-5-12-30(32)25-31-13-6-8-15-33(31)34/h5-8,12-19,25-27H,9-11,23-24H2,1-4H3. The highest BCUT2D eigenvalue weighted by Crippen LogP contribution is 2.46. The molecule has 4 aromatic carbocycles. The van der Waals surface area contributed by atoms with Gasteiger partial charge in [-0.2, -0.15) is 5.26 Å². The van der Waals surface area contributed by atoms with E-state index in [-0.39, 0.29) is 0 Å². The SMILES string of the molecule is CC(C)N(C(C)C)P(OCCC#N)OCCCc1ccc(C#Cc2c3ccccc3cc3ccccc23)cc1. The minimum Gasteiger partial charge on any atom is -0.322 e. The molecule has 4 nitrogen and oxygen atoms in total. The van der Waals surface area contributed by atoms with Gasteiger partial charge in [-0.3, -0.25) is 0 Å². The smallest absolute Gasteiger partial charge is 0.259 e. The highest BCUT2D eigenvalue weighted by atomic mass is 31.2. The van der Waals surface area contributed by atoms with E-state index in [1.807, 2.05) is 0 Å². The van der Waals surface area contributed by atoms with Crippen molar-refractivity contribution in [1.29, 1.82) is 5.26 Å². The monoisotopic (exact) mass is 536 g/mol. The van der Waals surface area contributed by atoms with Crippen LogP contribution in [0, 0.1) is 23.2 Å². The van der Waals surface area contributed by atoms with Gasteiger partial charge < -0.3 is 9.05 Å². The van der Waals surface area contributed by atoms with Gasteiger partial charge in [-0.15, -0.1) is 0 Å². The highest BCUT2D eigenvalue weighted by molar-refractivity contribution is 7.44. The van der Waals surface area contributed by atoms with Crippen molar-refractivity contribution in [3.8, 4) is 17.9 Å². The lowest BCUT2D eigenvalue weighted by Crippen LogP contribution is -2.33. The van der Waals surface area contributed by atoms with Gasteiger partial charge in [0, 0.05) is 23.2 Å². The molecular formula is C34H37N2O2P. The van der Waals surface area contributed by atoms with Crippen LogP contribution in [-0.2, 0) is 15.5 Å². The van der Waals surface area contributed by atoms with E-state index >= 15 is 0 Å². The predicted octanol–water partition coefficient (Wildman–Crippen LogP) is 8.62. The first-order chi connectivity index (χ1) is 19.0. The molecule has 0 N–H and O–H groups in total. The third-order valence-corrected chi connectivity index (χ3v) is 8.64. The van der Waals surface area contributed by atoms with Gasteiger partial charge in [0.05, 0.1) is 25.7 Å². The van der Waals surface area contributed by atoms with E-state index in [4.69, 9.17) is 14.3 Å². The Morgan fingerprint density at radius 1 is 0.769 bits per heavy atom. The van der Waals surface area contributed by atoms with Crippen LogP contribution in [0.3, 0.4) is 0 Å². The predicted molar refractivity (Wildman–Crippen MR) is 163 cm³/mol. The Bertz CT molecular complexity index is 1420. The zero-order chi connectivity index (χ0) is 27.6. The normalized spacial score (nSPS) is 12.2. The summed E-state index contributed by atoms with van der Waals surface area (Å²) < 4.78 is 14.5. The fraction of sp³-hybridized carbons (Fsp3) is 0.324. The maximum Gasteiger partial charge on any atom is 0.259 e. The van der Waals surface area contributed by atoms with E-state index in [1.54, 1.807) is 0 Å². The average Bonchev–Trinajstić information content (AvgIpc) is 2.93. The van der Waals surface area contributed by atoms with E-state index in [0.717, 1.165) is 24.0 Å². The largest absolute Gasteiger partial charge is 0.322 e. The minimum absolute atomic E-state index is 0.304. The molecule has 0 fully saturated rings. The summed E-state index contributed by atoms with van der Waals surface area (Å²) in [5.74, 6) is 6.87. The Morgan fingerprint density at radius 2 is 1.36 bits per heavy atom. The summed E-state index contributed by atoms with van der Waals surface area (Å²) in [6.45, 7) is 9.62. The van der Waals surface area contributed by atoms with E-state index < -0.39 is 8.53 Å². The summed E-state index contributed by atoms with van der Waals surface area (Å²) in [4.78, 5) is 0. The van der Waals surface area contributed by atoms with Crippen molar-refractivity contribution in [2.75, 3.05) is 13.2 Å². The zero-order valence-electron chi connectivity index (χ0n) is 23.4. The van der Waals surface area contributed by atoms with Crippen molar-refractivity contribution in [2.24, 2.45) is 0 Å². The third kappa shape index (κ3) is 7.67. The molecule has 4 aromatic rings. The second-order valence-electron chi connectivity index (χ2n) is 10.1. The molecule has 0 saturated carbocycles. The molecular weight excluding hydrogens is 499 g/mol. The maximum absolute atomic E-state index is 8.89. The minimum atomic E-state index is -1.19. The van der Waals surface area contributed by atoms with Crippen LogP contribution in [0.25, 0.3) is 21.5 Å². The molecule has 1 atom stereocenters. The molecule has 5 heteroatoms. The molecule has 200 valence electrons. The van der Waals surface area contributed by atoms with Crippen LogP contribution in [-0.4, -0.2) is 30.0 Å². The molecule has 0 bridgehead atoms. The number of benzene rings is 4. The quantitative estimate of drug-likeness (QED) is 0.0833. The summed E-state index contributed by atoms with van der Waals surface area (Å²) >= 11 is 0. The summed E-state index contributed by atoms with van der Waals surface area (Å²) in [6.07, 6.45) is 2.20. The number of fused-ring (bicyclic) bond motifs is 2. The van der Waals surface area contributed by atoms with E-state index in [1.165, 1.54) is 27.1 Å². The molecule has 0 aliphatic carbocycles. The van der Waals surface area contributed by atoms with Crippen LogP contribution in [0.2, 0.25) is 0 Å². The van der Waals surface area contributed by atoms with E-state index in [9.17, 15) is 0 Å². The van der Waals surface area contributed by atoms with Gasteiger partial charge in [-0.1, -0.05) is 72.5 Å². The van der Waals surface area contributed by atoms with Crippen LogP contribution >= 0.6 is 8.53 Å². The first-order valence-corrected chi connectivity index (χ1v) is 14.8. The van der Waals surface area contributed by atoms with Crippen LogP contribution in [0.5, 0.6) is 0 Å². The lowest BCUT2D eigenvalue weighted by molar-refractivity contribution is 0.175. The number of aryl methyl sites for hydroxylation is 1. The maximum atomic E-state index is 8.89. The van der Waals surface area contributed by atoms with Crippen molar-refractivity contribution < 1.29 is 9.05 Å². The Hall–Kier alpha value is -3.24. The second kappa shape index (κ2) is 14.2. The summed E-state index contributed by atoms with van der Waals surface area (Å²) in [5, 5.41) is 13.7. The lowest BCUT2D eigenvalue weighted by Gasteiger charge is -2.35. The number of rotatable bonds is 11. The topological polar surface area (TPSA) is 45.5 Å². The summed E-state index contributed by atoms with van der Waals surface area (Å²) in [7, 11) is -1.19. The Balaban J connectivity index is 1.40. The van der Waals surface area contributed by atoms with E-state index in [0.29, 0.717) is 31.7 Å². The van der Waals surface area contributed by atoms with Crippen molar-refractivity contribution in [1.82, 2.24) is 4.67 Å². The highest BCUT2D eigenvalue weighted by Gasteiger charge is 2.26. The molecule has 0 heterocycles. The Morgan fingerprint density at radius 3 is 1.95 bits per heavy atom. The molecule has 39 heavy (non-hydrogen) atoms. The molecule has 0 saturated heterocycles. The molecule has 0 spiro atoms. The molecule has 0 aliphatic rings. The molecule has 0 radical (unpaired) electrons. The summed E-state index contributed by atoms with van der Waals surface area (Å²) in [5.41, 5.74) is 3.35. The van der Waals surface area contributed by atoms with Gasteiger partial charge in [-0.25, -0.2) is 4.67 Å². The Labute approximate surface area is 234 Å². The molecule has 0 aliphatic heterocycles. The van der Waals surface area contributed by atoms with Gasteiger partial charge in [0.2, 0.25) is 0 Å². The average molecular weight is 537 g/mol. The van der Waals surface area contributed by atoms with Crippen molar-refractivity contribution in [3.63, 3.8) is 0 Å². The van der Waals surface area contributed by atoms with Gasteiger partial charge >= 0.3 is 0 Å². The lowest BCUT2D eigenvalue weighted by atomic mass is 9.97. The van der Waals surface area contributed by atoms with Gasteiger partial charge in [0.15, 0.2) is 0 Å². The summed E-state index contributed by atoms with van der Waals surface area (Å²) in [6, 6.07) is 30.4. The fourth-order valence-corrected chi connectivity index (χ4v) is 6.40. The van der Waals surface area contributed by atoms with Crippen LogP contribution < -0.4 is 0 Å². The van der Waals surface area contributed by atoms with Gasteiger partial charge in [-0.05, 0) is 85.8 Å². The van der Waals surface area contributed by atoms with Crippen LogP contribution in [0.4, 0.5) is 0 Å². The molecule has 0 amide bonds. The van der Waals surface area contributed by atoms with Crippen molar-refractivity contribution in [2.45, 2.75) is 59.0 Å². The molecule has 4 rings (SSSR count). The van der Waals surface area contributed by atoms with Crippen LogP contribution in [0.15, 0.2) is 78.9 Å². The third-order valence-electron chi connectivity index (χ3n) is 6.53. The number of hydrogen-bond acceptors (Lipinski definition) is 4. The number of nitriles is 1. The van der Waals surface area contributed by atoms with E-state index in [2.05, 4.69) is 129 Å².